The highest BCUT2D eigenvalue weighted by Gasteiger charge is 2.53. The van der Waals surface area contributed by atoms with Crippen molar-refractivity contribution in [2.45, 2.75) is 98.1 Å². The molecule has 33 heavy (non-hydrogen) atoms. The van der Waals surface area contributed by atoms with Crippen LogP contribution in [0.2, 0.25) is 0 Å². The summed E-state index contributed by atoms with van der Waals surface area (Å²) in [4.78, 5) is 30.2. The van der Waals surface area contributed by atoms with Crippen LogP contribution in [0, 0.1) is 0 Å². The van der Waals surface area contributed by atoms with Gasteiger partial charge in [-0.15, -0.1) is 0 Å². The SMILES string of the molecule is CC(C)(C)OC(=O)N(C(=O)OC(C)(C)C)c1cc(C(F)F)c(B2OC(C)(C)C(C)(C)O2)cn1. The Morgan fingerprint density at radius 3 is 1.76 bits per heavy atom. The number of rotatable bonds is 3. The van der Waals surface area contributed by atoms with E-state index in [0.29, 0.717) is 4.90 Å². The average Bonchev–Trinajstić information content (AvgIpc) is 2.79. The van der Waals surface area contributed by atoms with Gasteiger partial charge in [-0.3, -0.25) is 0 Å². The third kappa shape index (κ3) is 6.41. The predicted octanol–water partition coefficient (Wildman–Crippen LogP) is 5.00. The van der Waals surface area contributed by atoms with E-state index >= 15 is 0 Å². The molecule has 2 rings (SSSR count). The predicted molar refractivity (Wildman–Crippen MR) is 120 cm³/mol. The van der Waals surface area contributed by atoms with Gasteiger partial charge in [0.05, 0.1) is 11.2 Å². The molecule has 0 aliphatic carbocycles. The second kappa shape index (κ2) is 8.83. The molecule has 1 aromatic rings. The number of carbonyl (C=O) groups excluding carboxylic acids is 2. The number of aromatic nitrogens is 1. The molecule has 0 N–H and O–H groups in total. The summed E-state index contributed by atoms with van der Waals surface area (Å²) in [6.07, 6.45) is -4.05. The van der Waals surface area contributed by atoms with Crippen molar-refractivity contribution >= 4 is 30.6 Å². The van der Waals surface area contributed by atoms with Crippen LogP contribution in [0.5, 0.6) is 0 Å². The van der Waals surface area contributed by atoms with Crippen molar-refractivity contribution < 1.29 is 37.2 Å². The molecule has 11 heteroatoms. The van der Waals surface area contributed by atoms with E-state index in [0.717, 1.165) is 12.3 Å². The zero-order valence-electron chi connectivity index (χ0n) is 20.9. The normalized spacial score (nSPS) is 17.8. The Kier molecular flexibility index (Phi) is 7.22. The standard InChI is InChI=1S/C22H33BF2N2O6/c1-19(2,3)30-17(28)27(18(29)31-20(4,5)6)15-11-13(16(24)25)14(12-26-15)23-32-21(7,8)22(9,10)33-23/h11-12,16H,1-10H3. The number of nitrogens with zero attached hydrogens (tertiary/aromatic N) is 2. The molecule has 2 heterocycles. The summed E-state index contributed by atoms with van der Waals surface area (Å²) in [5.74, 6) is -0.367. The molecule has 0 bridgehead atoms. The first-order chi connectivity index (χ1) is 14.7. The fourth-order valence-corrected chi connectivity index (χ4v) is 2.82. The van der Waals surface area contributed by atoms with Crippen molar-refractivity contribution in [1.29, 1.82) is 0 Å². The molecule has 1 aromatic heterocycles. The van der Waals surface area contributed by atoms with Crippen molar-refractivity contribution in [2.75, 3.05) is 4.90 Å². The van der Waals surface area contributed by atoms with Crippen LogP contribution in [0.1, 0.15) is 81.2 Å². The lowest BCUT2D eigenvalue weighted by Gasteiger charge is -2.32. The van der Waals surface area contributed by atoms with Crippen LogP contribution in [-0.4, -0.2) is 46.7 Å². The van der Waals surface area contributed by atoms with Gasteiger partial charge in [0.15, 0.2) is 0 Å². The molecule has 1 saturated heterocycles. The molecule has 0 radical (unpaired) electrons. The summed E-state index contributed by atoms with van der Waals surface area (Å²) in [6.45, 7) is 16.8. The van der Waals surface area contributed by atoms with Crippen molar-refractivity contribution in [3.63, 3.8) is 0 Å². The number of pyridine rings is 1. The quantitative estimate of drug-likeness (QED) is 0.575. The Labute approximate surface area is 194 Å². The maximum Gasteiger partial charge on any atom is 0.496 e. The van der Waals surface area contributed by atoms with E-state index in [1.54, 1.807) is 69.2 Å². The minimum atomic E-state index is -2.96. The fourth-order valence-electron chi connectivity index (χ4n) is 2.82. The van der Waals surface area contributed by atoms with Gasteiger partial charge in [0.2, 0.25) is 0 Å². The first-order valence-corrected chi connectivity index (χ1v) is 10.6. The summed E-state index contributed by atoms with van der Waals surface area (Å²) >= 11 is 0. The van der Waals surface area contributed by atoms with Gasteiger partial charge < -0.3 is 18.8 Å². The fraction of sp³-hybridized carbons (Fsp3) is 0.682. The highest BCUT2D eigenvalue weighted by Crippen LogP contribution is 2.37. The summed E-state index contributed by atoms with van der Waals surface area (Å²) in [6, 6.07) is 0.943. The van der Waals surface area contributed by atoms with Gasteiger partial charge in [0.25, 0.3) is 6.43 Å². The minimum Gasteiger partial charge on any atom is -0.443 e. The molecule has 0 aromatic carbocycles. The van der Waals surface area contributed by atoms with Crippen molar-refractivity contribution in [2.24, 2.45) is 0 Å². The molecular weight excluding hydrogens is 437 g/mol. The van der Waals surface area contributed by atoms with Crippen LogP contribution >= 0.6 is 0 Å². The largest absolute Gasteiger partial charge is 0.496 e. The van der Waals surface area contributed by atoms with Gasteiger partial charge >= 0.3 is 19.3 Å². The first-order valence-electron chi connectivity index (χ1n) is 10.6. The minimum absolute atomic E-state index is 0.000674. The summed E-state index contributed by atoms with van der Waals surface area (Å²) in [5, 5.41) is 0. The van der Waals surface area contributed by atoms with Crippen LogP contribution in [0.4, 0.5) is 24.2 Å². The van der Waals surface area contributed by atoms with Crippen LogP contribution in [0.15, 0.2) is 12.3 Å². The second-order valence-corrected chi connectivity index (χ2v) is 10.9. The number of imide groups is 1. The van der Waals surface area contributed by atoms with Gasteiger partial charge in [-0.05, 0) is 75.3 Å². The lowest BCUT2D eigenvalue weighted by molar-refractivity contribution is 0.00578. The maximum atomic E-state index is 14.1. The van der Waals surface area contributed by atoms with Crippen LogP contribution in [-0.2, 0) is 18.8 Å². The molecule has 0 spiro atoms. The lowest BCUT2D eigenvalue weighted by Crippen LogP contribution is -2.45. The molecule has 0 atom stereocenters. The van der Waals surface area contributed by atoms with Crippen LogP contribution in [0.25, 0.3) is 0 Å². The van der Waals surface area contributed by atoms with Crippen molar-refractivity contribution in [3.05, 3.63) is 17.8 Å². The number of alkyl halides is 2. The molecule has 2 amide bonds. The molecule has 1 aliphatic heterocycles. The molecule has 1 aliphatic rings. The Morgan fingerprint density at radius 2 is 1.39 bits per heavy atom. The van der Waals surface area contributed by atoms with E-state index in [-0.39, 0.29) is 11.3 Å². The van der Waals surface area contributed by atoms with E-state index in [1.165, 1.54) is 0 Å². The van der Waals surface area contributed by atoms with Gasteiger partial charge in [-0.2, -0.15) is 4.90 Å². The van der Waals surface area contributed by atoms with Crippen LogP contribution < -0.4 is 10.4 Å². The Morgan fingerprint density at radius 1 is 0.970 bits per heavy atom. The zero-order valence-corrected chi connectivity index (χ0v) is 20.9. The van der Waals surface area contributed by atoms with Gasteiger partial charge in [0.1, 0.15) is 17.0 Å². The van der Waals surface area contributed by atoms with Gasteiger partial charge in [-0.1, -0.05) is 0 Å². The van der Waals surface area contributed by atoms with Crippen molar-refractivity contribution in [3.8, 4) is 0 Å². The second-order valence-electron chi connectivity index (χ2n) is 10.9. The highest BCUT2D eigenvalue weighted by atomic mass is 19.3. The lowest BCUT2D eigenvalue weighted by atomic mass is 9.77. The number of hydrogen-bond donors (Lipinski definition) is 0. The molecule has 184 valence electrons. The zero-order chi connectivity index (χ0) is 25.6. The third-order valence-corrected chi connectivity index (χ3v) is 5.08. The van der Waals surface area contributed by atoms with Gasteiger partial charge in [-0.25, -0.2) is 23.4 Å². The van der Waals surface area contributed by atoms with E-state index < -0.39 is 53.7 Å². The topological polar surface area (TPSA) is 87.2 Å². The maximum absolute atomic E-state index is 14.1. The number of amides is 2. The Bertz CT molecular complexity index is 865. The van der Waals surface area contributed by atoms with E-state index in [4.69, 9.17) is 18.8 Å². The third-order valence-electron chi connectivity index (χ3n) is 5.08. The highest BCUT2D eigenvalue weighted by molar-refractivity contribution is 6.62. The molecular formula is C22H33BF2N2O6. The number of halogens is 2. The number of carbonyl (C=O) groups is 2. The van der Waals surface area contributed by atoms with Gasteiger partial charge in [0, 0.05) is 17.2 Å². The van der Waals surface area contributed by atoms with E-state index in [1.807, 2.05) is 0 Å². The number of ether oxygens (including phenoxy) is 2. The molecule has 0 unspecified atom stereocenters. The van der Waals surface area contributed by atoms with Crippen LogP contribution in [0.3, 0.4) is 0 Å². The van der Waals surface area contributed by atoms with E-state index in [9.17, 15) is 18.4 Å². The van der Waals surface area contributed by atoms with E-state index in [2.05, 4.69) is 4.98 Å². The van der Waals surface area contributed by atoms with Crippen molar-refractivity contribution in [1.82, 2.24) is 4.98 Å². The summed E-state index contributed by atoms with van der Waals surface area (Å²) in [5.41, 5.74) is -3.91. The number of anilines is 1. The molecule has 8 nitrogen and oxygen atoms in total. The Balaban J connectivity index is 2.53. The smallest absolute Gasteiger partial charge is 0.443 e. The first kappa shape index (κ1) is 27.0. The molecule has 0 saturated carbocycles. The summed E-state index contributed by atoms with van der Waals surface area (Å²) < 4.78 is 50.4. The summed E-state index contributed by atoms with van der Waals surface area (Å²) in [7, 11) is -1.10. The number of hydrogen-bond acceptors (Lipinski definition) is 7. The molecule has 1 fully saturated rings. The monoisotopic (exact) mass is 470 g/mol. The Hall–Kier alpha value is -2.27. The average molecular weight is 470 g/mol.